The Kier molecular flexibility index (Phi) is 4.95. The second-order valence-corrected chi connectivity index (χ2v) is 6.88. The fourth-order valence-electron chi connectivity index (χ4n) is 2.85. The number of halogens is 1. The standard InChI is InChI=1S/C22H15BrN2O3/c23-19-17-11-4-5-12-18(17)21(26)25-20(19)22(27)24-14-7-6-10-16(13-14)28-15-8-2-1-3-9-15/h1-13H,(H,24,27)(H,25,26). The summed E-state index contributed by atoms with van der Waals surface area (Å²) in [5, 5.41) is 3.99. The van der Waals surface area contributed by atoms with Crippen LogP contribution in [0.25, 0.3) is 10.8 Å². The molecule has 138 valence electrons. The lowest BCUT2D eigenvalue weighted by Gasteiger charge is -2.11. The van der Waals surface area contributed by atoms with Crippen LogP contribution in [0.2, 0.25) is 0 Å². The zero-order valence-corrected chi connectivity index (χ0v) is 16.2. The normalized spacial score (nSPS) is 10.6. The summed E-state index contributed by atoms with van der Waals surface area (Å²) in [6.45, 7) is 0. The number of rotatable bonds is 4. The molecular formula is C22H15BrN2O3. The Balaban J connectivity index is 1.61. The number of fused-ring (bicyclic) bond motifs is 1. The van der Waals surface area contributed by atoms with Crippen molar-refractivity contribution in [2.75, 3.05) is 5.32 Å². The smallest absolute Gasteiger partial charge is 0.273 e. The molecule has 0 saturated carbocycles. The predicted octanol–water partition coefficient (Wildman–Crippen LogP) is 5.34. The summed E-state index contributed by atoms with van der Waals surface area (Å²) >= 11 is 3.43. The number of pyridine rings is 1. The van der Waals surface area contributed by atoms with Crippen LogP contribution in [0, 0.1) is 0 Å². The van der Waals surface area contributed by atoms with Gasteiger partial charge in [-0.2, -0.15) is 0 Å². The average molecular weight is 435 g/mol. The fraction of sp³-hybridized carbons (Fsp3) is 0. The van der Waals surface area contributed by atoms with Crippen LogP contribution < -0.4 is 15.6 Å². The van der Waals surface area contributed by atoms with E-state index in [1.807, 2.05) is 36.4 Å². The highest BCUT2D eigenvalue weighted by Crippen LogP contribution is 2.26. The molecule has 0 atom stereocenters. The molecule has 5 nitrogen and oxygen atoms in total. The number of hydrogen-bond acceptors (Lipinski definition) is 3. The van der Waals surface area contributed by atoms with E-state index in [4.69, 9.17) is 4.74 Å². The Morgan fingerprint density at radius 2 is 1.54 bits per heavy atom. The van der Waals surface area contributed by atoms with Crippen LogP contribution in [0.3, 0.4) is 0 Å². The van der Waals surface area contributed by atoms with Gasteiger partial charge in [0.15, 0.2) is 0 Å². The summed E-state index contributed by atoms with van der Waals surface area (Å²) in [6.07, 6.45) is 0. The van der Waals surface area contributed by atoms with Crippen LogP contribution >= 0.6 is 15.9 Å². The molecule has 0 radical (unpaired) electrons. The summed E-state index contributed by atoms with van der Waals surface area (Å²) in [4.78, 5) is 27.7. The second kappa shape index (κ2) is 7.70. The molecule has 0 aliphatic rings. The number of nitrogens with one attached hydrogen (secondary N) is 2. The molecule has 1 aromatic heterocycles. The van der Waals surface area contributed by atoms with Gasteiger partial charge in [0.25, 0.3) is 11.5 Å². The summed E-state index contributed by atoms with van der Waals surface area (Å²) < 4.78 is 6.33. The Morgan fingerprint density at radius 3 is 2.32 bits per heavy atom. The Morgan fingerprint density at radius 1 is 0.857 bits per heavy atom. The molecule has 0 fully saturated rings. The van der Waals surface area contributed by atoms with Gasteiger partial charge in [0.1, 0.15) is 17.2 Å². The molecule has 0 aliphatic heterocycles. The first kappa shape index (κ1) is 18.0. The van der Waals surface area contributed by atoms with E-state index in [9.17, 15) is 9.59 Å². The first-order chi connectivity index (χ1) is 13.6. The first-order valence-corrected chi connectivity index (χ1v) is 9.36. The van der Waals surface area contributed by atoms with Crippen molar-refractivity contribution in [2.45, 2.75) is 0 Å². The lowest BCUT2D eigenvalue weighted by Crippen LogP contribution is -2.20. The summed E-state index contributed by atoms with van der Waals surface area (Å²) in [7, 11) is 0. The molecule has 0 aliphatic carbocycles. The second-order valence-electron chi connectivity index (χ2n) is 6.09. The molecule has 2 N–H and O–H groups in total. The number of aromatic amines is 1. The molecule has 0 bridgehead atoms. The minimum absolute atomic E-state index is 0.165. The van der Waals surface area contributed by atoms with Crippen LogP contribution in [0.15, 0.2) is 88.1 Å². The van der Waals surface area contributed by atoms with Crippen molar-refractivity contribution in [2.24, 2.45) is 0 Å². The van der Waals surface area contributed by atoms with Gasteiger partial charge in [-0.1, -0.05) is 42.5 Å². The molecule has 0 unspecified atom stereocenters. The van der Waals surface area contributed by atoms with Crippen molar-refractivity contribution in [3.63, 3.8) is 0 Å². The van der Waals surface area contributed by atoms with Gasteiger partial charge in [-0.05, 0) is 46.3 Å². The number of carbonyl (C=O) groups excluding carboxylic acids is 1. The largest absolute Gasteiger partial charge is 0.457 e. The number of anilines is 1. The van der Waals surface area contributed by atoms with E-state index in [-0.39, 0.29) is 11.3 Å². The topological polar surface area (TPSA) is 71.2 Å². The van der Waals surface area contributed by atoms with Crippen molar-refractivity contribution in [3.05, 3.63) is 99.4 Å². The molecule has 4 rings (SSSR count). The third-order valence-corrected chi connectivity index (χ3v) is 4.99. The van der Waals surface area contributed by atoms with Crippen LogP contribution in [-0.2, 0) is 0 Å². The Labute approximate surface area is 169 Å². The van der Waals surface area contributed by atoms with E-state index in [1.165, 1.54) is 0 Å². The van der Waals surface area contributed by atoms with Crippen LogP contribution in [0.1, 0.15) is 10.5 Å². The Bertz CT molecular complexity index is 1220. The van der Waals surface area contributed by atoms with Crippen molar-refractivity contribution in [3.8, 4) is 11.5 Å². The predicted molar refractivity (Wildman–Crippen MR) is 113 cm³/mol. The number of ether oxygens (including phenoxy) is 1. The van der Waals surface area contributed by atoms with Crippen LogP contribution in [-0.4, -0.2) is 10.9 Å². The van der Waals surface area contributed by atoms with Gasteiger partial charge < -0.3 is 15.0 Å². The maximum absolute atomic E-state index is 12.7. The summed E-state index contributed by atoms with van der Waals surface area (Å²) in [5.74, 6) is 0.870. The minimum Gasteiger partial charge on any atom is -0.457 e. The first-order valence-electron chi connectivity index (χ1n) is 8.56. The highest BCUT2D eigenvalue weighted by atomic mass is 79.9. The number of aromatic nitrogens is 1. The molecule has 0 saturated heterocycles. The van der Waals surface area contributed by atoms with Crippen LogP contribution in [0.5, 0.6) is 11.5 Å². The zero-order valence-electron chi connectivity index (χ0n) is 14.6. The van der Waals surface area contributed by atoms with E-state index in [0.29, 0.717) is 32.4 Å². The maximum atomic E-state index is 12.7. The van der Waals surface area contributed by atoms with Crippen molar-refractivity contribution >= 4 is 38.3 Å². The summed E-state index contributed by atoms with van der Waals surface area (Å²) in [5.41, 5.74) is 0.405. The number of carbonyl (C=O) groups is 1. The third-order valence-electron chi connectivity index (χ3n) is 4.16. The SMILES string of the molecule is O=C(Nc1cccc(Oc2ccccc2)c1)c1[nH]c(=O)c2ccccc2c1Br. The Hall–Kier alpha value is -3.38. The van der Waals surface area contributed by atoms with E-state index in [2.05, 4.69) is 26.2 Å². The molecule has 6 heteroatoms. The van der Waals surface area contributed by atoms with Crippen molar-refractivity contribution in [1.82, 2.24) is 4.98 Å². The quantitative estimate of drug-likeness (QED) is 0.455. The lowest BCUT2D eigenvalue weighted by atomic mass is 10.1. The van der Waals surface area contributed by atoms with Gasteiger partial charge in [-0.3, -0.25) is 9.59 Å². The van der Waals surface area contributed by atoms with Gasteiger partial charge in [0.2, 0.25) is 0 Å². The van der Waals surface area contributed by atoms with Gasteiger partial charge in [0, 0.05) is 22.5 Å². The van der Waals surface area contributed by atoms with Crippen molar-refractivity contribution < 1.29 is 9.53 Å². The maximum Gasteiger partial charge on any atom is 0.273 e. The van der Waals surface area contributed by atoms with Gasteiger partial charge in [-0.15, -0.1) is 0 Å². The van der Waals surface area contributed by atoms with Crippen LogP contribution in [0.4, 0.5) is 5.69 Å². The third kappa shape index (κ3) is 3.68. The lowest BCUT2D eigenvalue weighted by molar-refractivity contribution is 0.102. The molecule has 4 aromatic rings. The molecule has 3 aromatic carbocycles. The van der Waals surface area contributed by atoms with Crippen molar-refractivity contribution in [1.29, 1.82) is 0 Å². The minimum atomic E-state index is -0.424. The van der Waals surface area contributed by atoms with Gasteiger partial charge >= 0.3 is 0 Å². The van der Waals surface area contributed by atoms with Gasteiger partial charge in [0.05, 0.1) is 4.47 Å². The molecule has 28 heavy (non-hydrogen) atoms. The number of H-pyrrole nitrogens is 1. The van der Waals surface area contributed by atoms with E-state index >= 15 is 0 Å². The number of benzene rings is 3. The highest BCUT2D eigenvalue weighted by Gasteiger charge is 2.16. The number of hydrogen-bond donors (Lipinski definition) is 2. The fourth-order valence-corrected chi connectivity index (χ4v) is 3.48. The zero-order chi connectivity index (χ0) is 19.5. The number of para-hydroxylation sites is 1. The molecule has 1 heterocycles. The monoisotopic (exact) mass is 434 g/mol. The van der Waals surface area contributed by atoms with Gasteiger partial charge in [-0.25, -0.2) is 0 Å². The molecule has 1 amide bonds. The highest BCUT2D eigenvalue weighted by molar-refractivity contribution is 9.10. The average Bonchev–Trinajstić information content (AvgIpc) is 2.72. The number of amides is 1. The summed E-state index contributed by atoms with van der Waals surface area (Å²) in [6, 6.07) is 23.5. The van der Waals surface area contributed by atoms with E-state index in [1.54, 1.807) is 42.5 Å². The molecule has 0 spiro atoms. The molecular weight excluding hydrogens is 420 g/mol. The van der Waals surface area contributed by atoms with E-state index in [0.717, 1.165) is 0 Å². The van der Waals surface area contributed by atoms with E-state index < -0.39 is 5.91 Å².